The smallest absolute Gasteiger partial charge is 0.263 e. The first-order valence-corrected chi connectivity index (χ1v) is 12.3. The van der Waals surface area contributed by atoms with Gasteiger partial charge in [0.1, 0.15) is 4.83 Å². The molecule has 2 atom stereocenters. The highest BCUT2D eigenvalue weighted by atomic mass is 32.2. The van der Waals surface area contributed by atoms with E-state index in [0.717, 1.165) is 42.3 Å². The lowest BCUT2D eigenvalue weighted by molar-refractivity contribution is -0.120. The summed E-state index contributed by atoms with van der Waals surface area (Å²) in [5.74, 6) is 0.680. The molecule has 7 heteroatoms. The van der Waals surface area contributed by atoms with Crippen molar-refractivity contribution >= 4 is 39.2 Å². The van der Waals surface area contributed by atoms with Gasteiger partial charge < -0.3 is 5.32 Å². The van der Waals surface area contributed by atoms with E-state index in [4.69, 9.17) is 4.98 Å². The van der Waals surface area contributed by atoms with Crippen LogP contribution in [0.25, 0.3) is 10.2 Å². The molecule has 4 rings (SSSR count). The zero-order chi connectivity index (χ0) is 20.5. The first-order chi connectivity index (χ1) is 14.0. The van der Waals surface area contributed by atoms with Crippen LogP contribution in [-0.2, 0) is 24.2 Å². The molecule has 0 aliphatic heterocycles. The molecule has 156 valence electrons. The second kappa shape index (κ2) is 8.64. The Balaban J connectivity index is 1.66. The number of carbonyl (C=O) groups is 1. The van der Waals surface area contributed by atoms with E-state index >= 15 is 0 Å². The summed E-state index contributed by atoms with van der Waals surface area (Å²) in [6, 6.07) is 0.294. The van der Waals surface area contributed by atoms with Crippen molar-refractivity contribution in [2.24, 2.45) is 5.92 Å². The number of aryl methyl sites for hydroxylation is 1. The van der Waals surface area contributed by atoms with Gasteiger partial charge in [-0.25, -0.2) is 4.98 Å². The van der Waals surface area contributed by atoms with Gasteiger partial charge in [0.2, 0.25) is 5.91 Å². The Morgan fingerprint density at radius 1 is 1.41 bits per heavy atom. The van der Waals surface area contributed by atoms with Crippen molar-refractivity contribution in [3.8, 4) is 0 Å². The molecule has 1 fully saturated rings. The fraction of sp³-hybridized carbons (Fsp3) is 0.591. The Bertz CT molecular complexity index is 988. The zero-order valence-electron chi connectivity index (χ0n) is 17.2. The maximum atomic E-state index is 13.4. The lowest BCUT2D eigenvalue weighted by Gasteiger charge is -2.18. The molecule has 29 heavy (non-hydrogen) atoms. The van der Waals surface area contributed by atoms with Crippen LogP contribution in [0.3, 0.4) is 0 Å². The summed E-state index contributed by atoms with van der Waals surface area (Å²) < 4.78 is 1.68. The first kappa shape index (κ1) is 20.7. The Kier molecular flexibility index (Phi) is 6.16. The number of amides is 1. The largest absolute Gasteiger partial charge is 0.352 e. The standard InChI is InChI=1S/C22H29N3O2S2/c1-4-11-25-21(27)18-16-10-9-13(2)12-17(16)29-20(18)24-22(25)28-14(3)19(26)23-15-7-5-6-8-15/h4,13-15H,1,5-12H2,2-3H3,(H,23,26). The van der Waals surface area contributed by atoms with Gasteiger partial charge in [0.25, 0.3) is 5.56 Å². The zero-order valence-corrected chi connectivity index (χ0v) is 18.8. The minimum atomic E-state index is -0.300. The number of fused-ring (bicyclic) bond motifs is 3. The summed E-state index contributed by atoms with van der Waals surface area (Å²) in [5, 5.41) is 4.25. The quantitative estimate of drug-likeness (QED) is 0.421. The molecule has 2 aliphatic rings. The lowest BCUT2D eigenvalue weighted by atomic mass is 9.89. The van der Waals surface area contributed by atoms with Crippen LogP contribution in [0.5, 0.6) is 0 Å². The molecule has 0 radical (unpaired) electrons. The monoisotopic (exact) mass is 431 g/mol. The fourth-order valence-corrected chi connectivity index (χ4v) is 6.74. The molecule has 1 amide bonds. The Morgan fingerprint density at radius 3 is 2.90 bits per heavy atom. The predicted octanol–water partition coefficient (Wildman–Crippen LogP) is 4.31. The molecule has 2 aromatic rings. The molecule has 2 aliphatic carbocycles. The number of carbonyl (C=O) groups excluding carboxylic acids is 1. The van der Waals surface area contributed by atoms with E-state index < -0.39 is 0 Å². The first-order valence-electron chi connectivity index (χ1n) is 10.6. The summed E-state index contributed by atoms with van der Waals surface area (Å²) in [6.07, 6.45) is 9.32. The fourth-order valence-electron chi connectivity index (χ4n) is 4.39. The second-order valence-corrected chi connectivity index (χ2v) is 10.8. The van der Waals surface area contributed by atoms with Gasteiger partial charge in [-0.2, -0.15) is 0 Å². The van der Waals surface area contributed by atoms with Crippen LogP contribution in [0, 0.1) is 5.92 Å². The molecule has 2 unspecified atom stereocenters. The van der Waals surface area contributed by atoms with Crippen LogP contribution in [-0.4, -0.2) is 26.8 Å². The minimum absolute atomic E-state index is 0.00727. The summed E-state index contributed by atoms with van der Waals surface area (Å²) in [7, 11) is 0. The molecule has 0 aromatic carbocycles. The number of hydrogen-bond donors (Lipinski definition) is 1. The molecule has 1 saturated carbocycles. The SMILES string of the molecule is C=CCn1c(SC(C)C(=O)NC2CCCC2)nc2sc3c(c2c1=O)CCC(C)C3. The van der Waals surface area contributed by atoms with Gasteiger partial charge in [-0.05, 0) is 50.5 Å². The van der Waals surface area contributed by atoms with Crippen molar-refractivity contribution in [3.05, 3.63) is 33.4 Å². The van der Waals surface area contributed by atoms with Crippen LogP contribution in [0.1, 0.15) is 56.4 Å². The molecular weight excluding hydrogens is 402 g/mol. The maximum Gasteiger partial charge on any atom is 0.263 e. The van der Waals surface area contributed by atoms with Crippen molar-refractivity contribution in [3.63, 3.8) is 0 Å². The van der Waals surface area contributed by atoms with Crippen LogP contribution >= 0.6 is 23.1 Å². The third kappa shape index (κ3) is 4.17. The predicted molar refractivity (Wildman–Crippen MR) is 121 cm³/mol. The van der Waals surface area contributed by atoms with E-state index in [9.17, 15) is 9.59 Å². The number of nitrogens with zero attached hydrogens (tertiary/aromatic N) is 2. The van der Waals surface area contributed by atoms with E-state index in [2.05, 4.69) is 18.8 Å². The number of aromatic nitrogens is 2. The van der Waals surface area contributed by atoms with Gasteiger partial charge >= 0.3 is 0 Å². The minimum Gasteiger partial charge on any atom is -0.352 e. The number of hydrogen-bond acceptors (Lipinski definition) is 5. The third-order valence-electron chi connectivity index (χ3n) is 6.04. The number of allylic oxidation sites excluding steroid dienone is 1. The molecule has 1 N–H and O–H groups in total. The van der Waals surface area contributed by atoms with E-state index in [1.807, 2.05) is 6.92 Å². The molecular formula is C22H29N3O2S2. The number of thioether (sulfide) groups is 1. The van der Waals surface area contributed by atoms with Gasteiger partial charge in [-0.1, -0.05) is 37.6 Å². The summed E-state index contributed by atoms with van der Waals surface area (Å²) >= 11 is 3.03. The van der Waals surface area contributed by atoms with Gasteiger partial charge in [0.15, 0.2) is 5.16 Å². The van der Waals surface area contributed by atoms with Crippen molar-refractivity contribution in [1.29, 1.82) is 0 Å². The number of nitrogens with one attached hydrogen (secondary N) is 1. The van der Waals surface area contributed by atoms with Gasteiger partial charge in [0.05, 0.1) is 10.6 Å². The topological polar surface area (TPSA) is 64.0 Å². The van der Waals surface area contributed by atoms with E-state index in [1.165, 1.54) is 35.0 Å². The molecule has 0 bridgehead atoms. The number of thiophene rings is 1. The van der Waals surface area contributed by atoms with E-state index in [-0.39, 0.29) is 16.7 Å². The normalized spacial score (nSPS) is 20.6. The Labute approximate surface area is 180 Å². The van der Waals surface area contributed by atoms with Crippen LogP contribution in [0.2, 0.25) is 0 Å². The van der Waals surface area contributed by atoms with Crippen LogP contribution < -0.4 is 10.9 Å². The summed E-state index contributed by atoms with van der Waals surface area (Å²) in [5.41, 5.74) is 1.20. The Hall–Kier alpha value is -1.60. The van der Waals surface area contributed by atoms with E-state index in [1.54, 1.807) is 22.0 Å². The molecule has 0 spiro atoms. The highest BCUT2D eigenvalue weighted by Gasteiger charge is 2.27. The second-order valence-electron chi connectivity index (χ2n) is 8.38. The summed E-state index contributed by atoms with van der Waals surface area (Å²) in [4.78, 5) is 33.0. The van der Waals surface area contributed by atoms with Gasteiger partial charge in [0, 0.05) is 17.5 Å². The highest BCUT2D eigenvalue weighted by Crippen LogP contribution is 2.37. The van der Waals surface area contributed by atoms with E-state index in [0.29, 0.717) is 23.7 Å². The maximum absolute atomic E-state index is 13.4. The molecule has 0 saturated heterocycles. The van der Waals surface area contributed by atoms with Crippen molar-refractivity contribution in [1.82, 2.24) is 14.9 Å². The average Bonchev–Trinajstić information content (AvgIpc) is 3.31. The van der Waals surface area contributed by atoms with Crippen molar-refractivity contribution in [2.75, 3.05) is 0 Å². The van der Waals surface area contributed by atoms with Crippen LogP contribution in [0.15, 0.2) is 22.6 Å². The number of rotatable bonds is 6. The van der Waals surface area contributed by atoms with Crippen molar-refractivity contribution < 1.29 is 4.79 Å². The Morgan fingerprint density at radius 2 is 2.17 bits per heavy atom. The van der Waals surface area contributed by atoms with Gasteiger partial charge in [-0.3, -0.25) is 14.2 Å². The lowest BCUT2D eigenvalue weighted by Crippen LogP contribution is -2.38. The third-order valence-corrected chi connectivity index (χ3v) is 8.28. The average molecular weight is 432 g/mol. The summed E-state index contributed by atoms with van der Waals surface area (Å²) in [6.45, 7) is 8.38. The molecule has 2 aromatic heterocycles. The van der Waals surface area contributed by atoms with Gasteiger partial charge in [-0.15, -0.1) is 17.9 Å². The molecule has 5 nitrogen and oxygen atoms in total. The van der Waals surface area contributed by atoms with Crippen molar-refractivity contribution in [2.45, 2.75) is 81.8 Å². The van der Waals surface area contributed by atoms with Crippen LogP contribution in [0.4, 0.5) is 0 Å². The molecule has 2 heterocycles. The highest BCUT2D eigenvalue weighted by molar-refractivity contribution is 8.00.